The fraction of sp³-hybridized carbons (Fsp3) is 0.200. The van der Waals surface area contributed by atoms with E-state index in [4.69, 9.17) is 10.5 Å². The van der Waals surface area contributed by atoms with Crippen LogP contribution >= 0.6 is 11.3 Å². The standard InChI is InChI=1S/C10H10FN3OS/c1-6-2-3-7(11)4-8(6)15-10-14-13-9(5-12)16-10/h2-4H,5,12H2,1H3. The number of nitrogens with zero attached hydrogens (tertiary/aromatic N) is 2. The summed E-state index contributed by atoms with van der Waals surface area (Å²) in [6, 6.07) is 4.35. The van der Waals surface area contributed by atoms with Gasteiger partial charge in [-0.1, -0.05) is 22.5 Å². The zero-order valence-corrected chi connectivity index (χ0v) is 9.42. The molecule has 0 amide bonds. The van der Waals surface area contributed by atoms with Crippen LogP contribution in [0.1, 0.15) is 10.6 Å². The van der Waals surface area contributed by atoms with E-state index < -0.39 is 0 Å². The molecule has 1 heterocycles. The summed E-state index contributed by atoms with van der Waals surface area (Å²) in [5.41, 5.74) is 6.24. The van der Waals surface area contributed by atoms with E-state index in [1.807, 2.05) is 6.92 Å². The first-order valence-electron chi connectivity index (χ1n) is 4.65. The maximum Gasteiger partial charge on any atom is 0.299 e. The molecule has 0 bridgehead atoms. The van der Waals surface area contributed by atoms with E-state index in [0.717, 1.165) is 5.56 Å². The van der Waals surface area contributed by atoms with Gasteiger partial charge in [0.15, 0.2) is 0 Å². The molecule has 2 aromatic rings. The van der Waals surface area contributed by atoms with Gasteiger partial charge in [0.25, 0.3) is 5.19 Å². The van der Waals surface area contributed by atoms with E-state index in [2.05, 4.69) is 10.2 Å². The summed E-state index contributed by atoms with van der Waals surface area (Å²) < 4.78 is 18.4. The number of benzene rings is 1. The van der Waals surface area contributed by atoms with Crippen molar-refractivity contribution in [1.29, 1.82) is 0 Å². The lowest BCUT2D eigenvalue weighted by Crippen LogP contribution is -1.94. The van der Waals surface area contributed by atoms with Gasteiger partial charge in [-0.2, -0.15) is 0 Å². The van der Waals surface area contributed by atoms with Crippen molar-refractivity contribution in [3.05, 3.63) is 34.6 Å². The summed E-state index contributed by atoms with van der Waals surface area (Å²) in [5, 5.41) is 8.66. The lowest BCUT2D eigenvalue weighted by molar-refractivity contribution is 0.464. The monoisotopic (exact) mass is 239 g/mol. The minimum Gasteiger partial charge on any atom is -0.429 e. The smallest absolute Gasteiger partial charge is 0.299 e. The molecular formula is C10H10FN3OS. The molecule has 0 fully saturated rings. The Bertz CT molecular complexity index is 501. The summed E-state index contributed by atoms with van der Waals surface area (Å²) in [5.74, 6) is 0.101. The maximum absolute atomic E-state index is 13.0. The fourth-order valence-corrected chi connectivity index (χ4v) is 1.72. The summed E-state index contributed by atoms with van der Waals surface area (Å²) in [7, 11) is 0. The summed E-state index contributed by atoms with van der Waals surface area (Å²) in [4.78, 5) is 0. The Balaban J connectivity index is 2.22. The van der Waals surface area contributed by atoms with Gasteiger partial charge in [0.1, 0.15) is 16.6 Å². The molecule has 84 valence electrons. The van der Waals surface area contributed by atoms with Gasteiger partial charge in [0, 0.05) is 12.6 Å². The minimum absolute atomic E-state index is 0.323. The van der Waals surface area contributed by atoms with E-state index in [-0.39, 0.29) is 5.82 Å². The van der Waals surface area contributed by atoms with E-state index in [9.17, 15) is 4.39 Å². The van der Waals surface area contributed by atoms with Crippen LogP contribution in [0.5, 0.6) is 10.9 Å². The Labute approximate surface area is 95.9 Å². The van der Waals surface area contributed by atoms with Crippen molar-refractivity contribution in [2.75, 3.05) is 0 Å². The fourth-order valence-electron chi connectivity index (χ4n) is 1.14. The Morgan fingerprint density at radius 3 is 2.94 bits per heavy atom. The molecule has 16 heavy (non-hydrogen) atoms. The lowest BCUT2D eigenvalue weighted by atomic mass is 10.2. The SMILES string of the molecule is Cc1ccc(F)cc1Oc1nnc(CN)s1. The third-order valence-electron chi connectivity index (χ3n) is 1.97. The molecule has 0 aliphatic rings. The third-order valence-corrected chi connectivity index (χ3v) is 2.79. The highest BCUT2D eigenvalue weighted by molar-refractivity contribution is 7.13. The first kappa shape index (κ1) is 11.0. The van der Waals surface area contributed by atoms with Gasteiger partial charge in [0.05, 0.1) is 0 Å². The van der Waals surface area contributed by atoms with E-state index in [1.54, 1.807) is 6.07 Å². The van der Waals surface area contributed by atoms with Crippen molar-refractivity contribution in [3.8, 4) is 10.9 Å². The molecule has 0 atom stereocenters. The van der Waals surface area contributed by atoms with Crippen molar-refractivity contribution in [2.45, 2.75) is 13.5 Å². The first-order valence-corrected chi connectivity index (χ1v) is 5.47. The van der Waals surface area contributed by atoms with Crippen LogP contribution in [0.25, 0.3) is 0 Å². The predicted octanol–water partition coefficient (Wildman–Crippen LogP) is 2.24. The van der Waals surface area contributed by atoms with Crippen LogP contribution in [0.4, 0.5) is 4.39 Å². The second-order valence-electron chi connectivity index (χ2n) is 3.18. The molecule has 2 rings (SSSR count). The quantitative estimate of drug-likeness (QED) is 0.892. The van der Waals surface area contributed by atoms with Crippen molar-refractivity contribution >= 4 is 11.3 Å². The molecule has 0 aliphatic heterocycles. The molecule has 0 saturated heterocycles. The van der Waals surface area contributed by atoms with Crippen molar-refractivity contribution in [1.82, 2.24) is 10.2 Å². The van der Waals surface area contributed by atoms with Crippen molar-refractivity contribution < 1.29 is 9.13 Å². The summed E-state index contributed by atoms with van der Waals surface area (Å²) >= 11 is 1.25. The number of ether oxygens (including phenoxy) is 1. The van der Waals surface area contributed by atoms with Gasteiger partial charge in [0.2, 0.25) is 0 Å². The topological polar surface area (TPSA) is 61.0 Å². The predicted molar refractivity (Wildman–Crippen MR) is 59.0 cm³/mol. The summed E-state index contributed by atoms with van der Waals surface area (Å²) in [6.07, 6.45) is 0. The molecule has 0 aliphatic carbocycles. The van der Waals surface area contributed by atoms with Gasteiger partial charge >= 0.3 is 0 Å². The van der Waals surface area contributed by atoms with Crippen LogP contribution in [0.15, 0.2) is 18.2 Å². The highest BCUT2D eigenvalue weighted by atomic mass is 32.1. The minimum atomic E-state index is -0.343. The Hall–Kier alpha value is -1.53. The van der Waals surface area contributed by atoms with Gasteiger partial charge in [-0.3, -0.25) is 0 Å². The number of hydrogen-bond donors (Lipinski definition) is 1. The zero-order valence-electron chi connectivity index (χ0n) is 8.61. The first-order chi connectivity index (χ1) is 7.69. The molecule has 0 saturated carbocycles. The van der Waals surface area contributed by atoms with E-state index in [0.29, 0.717) is 22.5 Å². The number of rotatable bonds is 3. The molecule has 0 spiro atoms. The van der Waals surface area contributed by atoms with Crippen LogP contribution in [-0.2, 0) is 6.54 Å². The van der Waals surface area contributed by atoms with Crippen molar-refractivity contribution in [2.24, 2.45) is 5.73 Å². The molecular weight excluding hydrogens is 229 g/mol. The van der Waals surface area contributed by atoms with Crippen LogP contribution in [0.2, 0.25) is 0 Å². The normalized spacial score (nSPS) is 10.4. The summed E-state index contributed by atoms with van der Waals surface area (Å²) in [6.45, 7) is 2.16. The number of halogens is 1. The molecule has 0 unspecified atom stereocenters. The molecule has 1 aromatic carbocycles. The van der Waals surface area contributed by atoms with Crippen LogP contribution < -0.4 is 10.5 Å². The molecule has 4 nitrogen and oxygen atoms in total. The second-order valence-corrected chi connectivity index (χ2v) is 4.20. The highest BCUT2D eigenvalue weighted by Gasteiger charge is 2.07. The lowest BCUT2D eigenvalue weighted by Gasteiger charge is -2.04. The van der Waals surface area contributed by atoms with Crippen LogP contribution in [0, 0.1) is 12.7 Å². The average Bonchev–Trinajstić information content (AvgIpc) is 2.71. The largest absolute Gasteiger partial charge is 0.429 e. The molecule has 0 radical (unpaired) electrons. The van der Waals surface area contributed by atoms with Gasteiger partial charge < -0.3 is 10.5 Å². The van der Waals surface area contributed by atoms with Gasteiger partial charge in [-0.25, -0.2) is 4.39 Å². The highest BCUT2D eigenvalue weighted by Crippen LogP contribution is 2.27. The second kappa shape index (κ2) is 4.54. The van der Waals surface area contributed by atoms with E-state index in [1.165, 1.54) is 23.5 Å². The number of aromatic nitrogens is 2. The Kier molecular flexibility index (Phi) is 3.12. The Morgan fingerprint density at radius 2 is 2.25 bits per heavy atom. The average molecular weight is 239 g/mol. The van der Waals surface area contributed by atoms with Gasteiger partial charge in [-0.15, -0.1) is 5.10 Å². The van der Waals surface area contributed by atoms with E-state index >= 15 is 0 Å². The van der Waals surface area contributed by atoms with Crippen LogP contribution in [-0.4, -0.2) is 10.2 Å². The molecule has 6 heteroatoms. The van der Waals surface area contributed by atoms with Crippen molar-refractivity contribution in [3.63, 3.8) is 0 Å². The Morgan fingerprint density at radius 1 is 1.44 bits per heavy atom. The zero-order chi connectivity index (χ0) is 11.5. The maximum atomic E-state index is 13.0. The number of nitrogens with two attached hydrogens (primary N) is 1. The number of aryl methyl sites for hydroxylation is 1. The number of hydrogen-bond acceptors (Lipinski definition) is 5. The van der Waals surface area contributed by atoms with Gasteiger partial charge in [-0.05, 0) is 18.6 Å². The molecule has 2 N–H and O–H groups in total. The van der Waals surface area contributed by atoms with Crippen LogP contribution in [0.3, 0.4) is 0 Å². The third kappa shape index (κ3) is 2.34. The molecule has 1 aromatic heterocycles.